The van der Waals surface area contributed by atoms with Crippen molar-refractivity contribution in [2.75, 3.05) is 5.32 Å². The second-order valence-corrected chi connectivity index (χ2v) is 5.97. The predicted molar refractivity (Wildman–Crippen MR) is 88.7 cm³/mol. The molecule has 0 saturated carbocycles. The van der Waals surface area contributed by atoms with Gasteiger partial charge in [0.15, 0.2) is 5.13 Å². The Kier molecular flexibility index (Phi) is 4.18. The Morgan fingerprint density at radius 1 is 1.23 bits per heavy atom. The third-order valence-electron chi connectivity index (χ3n) is 2.88. The summed E-state index contributed by atoms with van der Waals surface area (Å²) in [7, 11) is 0. The van der Waals surface area contributed by atoms with Gasteiger partial charge in [0.05, 0.1) is 10.2 Å². The highest BCUT2D eigenvalue weighted by Crippen LogP contribution is 2.26. The number of aromatic nitrogens is 1. The molecule has 0 spiro atoms. The Morgan fingerprint density at radius 2 is 2.00 bits per heavy atom. The molecular formula is C16H10ClFN2OS. The molecule has 6 heteroatoms. The summed E-state index contributed by atoms with van der Waals surface area (Å²) in [5.74, 6) is -0.619. The molecule has 3 rings (SSSR count). The van der Waals surface area contributed by atoms with E-state index in [2.05, 4.69) is 10.3 Å². The first-order valence-corrected chi connectivity index (χ1v) is 7.60. The van der Waals surface area contributed by atoms with Crippen molar-refractivity contribution in [3.05, 3.63) is 64.9 Å². The Morgan fingerprint density at radius 3 is 2.77 bits per heavy atom. The molecule has 3 aromatic rings. The molecule has 1 aromatic heterocycles. The lowest BCUT2D eigenvalue weighted by Gasteiger charge is -1.96. The highest BCUT2D eigenvalue weighted by Gasteiger charge is 2.06. The summed E-state index contributed by atoms with van der Waals surface area (Å²) in [6.07, 6.45) is 3.09. The fourth-order valence-corrected chi connectivity index (χ4v) is 2.86. The van der Waals surface area contributed by atoms with Crippen molar-refractivity contribution in [2.45, 2.75) is 0 Å². The van der Waals surface area contributed by atoms with Gasteiger partial charge in [-0.25, -0.2) is 9.37 Å². The molecule has 110 valence electrons. The number of rotatable bonds is 3. The zero-order valence-corrected chi connectivity index (χ0v) is 12.8. The molecule has 0 unspecified atom stereocenters. The van der Waals surface area contributed by atoms with Gasteiger partial charge in [-0.05, 0) is 42.0 Å². The molecular weight excluding hydrogens is 323 g/mol. The van der Waals surface area contributed by atoms with Crippen LogP contribution in [-0.2, 0) is 4.79 Å². The van der Waals surface area contributed by atoms with E-state index in [-0.39, 0.29) is 11.7 Å². The van der Waals surface area contributed by atoms with Gasteiger partial charge < -0.3 is 0 Å². The van der Waals surface area contributed by atoms with Crippen molar-refractivity contribution < 1.29 is 9.18 Å². The summed E-state index contributed by atoms with van der Waals surface area (Å²) >= 11 is 7.02. The van der Waals surface area contributed by atoms with Crippen LogP contribution in [0.1, 0.15) is 5.56 Å². The van der Waals surface area contributed by atoms with Crippen LogP contribution in [0.4, 0.5) is 9.52 Å². The number of amides is 1. The molecule has 2 aromatic carbocycles. The van der Waals surface area contributed by atoms with Crippen LogP contribution in [0.2, 0.25) is 5.02 Å². The van der Waals surface area contributed by atoms with Crippen LogP contribution >= 0.6 is 22.9 Å². The molecule has 1 amide bonds. The average Bonchev–Trinajstić information content (AvgIpc) is 2.88. The lowest BCUT2D eigenvalue weighted by Crippen LogP contribution is -2.07. The highest BCUT2D eigenvalue weighted by atomic mass is 35.5. The summed E-state index contributed by atoms with van der Waals surface area (Å²) in [5, 5.41) is 3.74. The van der Waals surface area contributed by atoms with E-state index in [4.69, 9.17) is 11.6 Å². The smallest absolute Gasteiger partial charge is 0.250 e. The van der Waals surface area contributed by atoms with Crippen molar-refractivity contribution in [1.29, 1.82) is 0 Å². The zero-order chi connectivity index (χ0) is 15.5. The minimum atomic E-state index is -0.323. The first-order valence-electron chi connectivity index (χ1n) is 6.41. The number of carbonyl (C=O) groups is 1. The van der Waals surface area contributed by atoms with Crippen LogP contribution in [-0.4, -0.2) is 10.9 Å². The number of fused-ring (bicyclic) bond motifs is 1. The minimum absolute atomic E-state index is 0.297. The number of halogens is 2. The molecule has 0 saturated heterocycles. The van der Waals surface area contributed by atoms with Gasteiger partial charge in [0.25, 0.3) is 0 Å². The summed E-state index contributed by atoms with van der Waals surface area (Å²) in [6, 6.07) is 11.4. The van der Waals surface area contributed by atoms with Gasteiger partial charge in [0, 0.05) is 11.1 Å². The van der Waals surface area contributed by atoms with E-state index in [0.29, 0.717) is 20.4 Å². The third-order valence-corrected chi connectivity index (χ3v) is 4.06. The number of hydrogen-bond donors (Lipinski definition) is 1. The highest BCUT2D eigenvalue weighted by molar-refractivity contribution is 7.22. The van der Waals surface area contributed by atoms with Crippen LogP contribution < -0.4 is 5.32 Å². The van der Waals surface area contributed by atoms with Crippen molar-refractivity contribution in [1.82, 2.24) is 4.98 Å². The molecule has 0 aliphatic heterocycles. The van der Waals surface area contributed by atoms with E-state index >= 15 is 0 Å². The number of nitrogens with one attached hydrogen (secondary N) is 1. The predicted octanol–water partition coefficient (Wildman–Crippen LogP) is 4.74. The summed E-state index contributed by atoms with van der Waals surface area (Å²) in [4.78, 5) is 16.1. The molecule has 0 radical (unpaired) electrons. The van der Waals surface area contributed by atoms with Gasteiger partial charge in [-0.2, -0.15) is 0 Å². The van der Waals surface area contributed by atoms with Crippen LogP contribution in [0.15, 0.2) is 48.5 Å². The number of thiazole rings is 1. The van der Waals surface area contributed by atoms with Crippen molar-refractivity contribution in [3.63, 3.8) is 0 Å². The number of carbonyl (C=O) groups excluding carboxylic acids is 1. The quantitative estimate of drug-likeness (QED) is 0.704. The van der Waals surface area contributed by atoms with Crippen molar-refractivity contribution in [3.8, 4) is 0 Å². The zero-order valence-electron chi connectivity index (χ0n) is 11.2. The fourth-order valence-electron chi connectivity index (χ4n) is 1.84. The van der Waals surface area contributed by atoms with E-state index in [1.165, 1.54) is 29.5 Å². The summed E-state index contributed by atoms with van der Waals surface area (Å²) in [6.45, 7) is 0. The Balaban J connectivity index is 1.71. The van der Waals surface area contributed by atoms with Crippen LogP contribution in [0.25, 0.3) is 16.3 Å². The second-order valence-electron chi connectivity index (χ2n) is 4.51. The maximum Gasteiger partial charge on any atom is 0.250 e. The SMILES string of the molecule is O=C(C=Cc1ccc(Cl)cc1)Nc1nc2ccc(F)cc2s1. The fraction of sp³-hybridized carbons (Fsp3) is 0. The minimum Gasteiger partial charge on any atom is -0.298 e. The molecule has 1 heterocycles. The monoisotopic (exact) mass is 332 g/mol. The Hall–Kier alpha value is -2.24. The molecule has 0 aliphatic rings. The first kappa shape index (κ1) is 14.7. The standard InChI is InChI=1S/C16H10ClFN2OS/c17-11-4-1-10(2-5-11)3-8-15(21)20-16-19-13-7-6-12(18)9-14(13)22-16/h1-9H,(H,19,20,21). The maximum atomic E-state index is 13.1. The number of benzene rings is 2. The normalized spacial score (nSPS) is 11.2. The molecule has 0 fully saturated rings. The van der Waals surface area contributed by atoms with E-state index in [9.17, 15) is 9.18 Å². The largest absolute Gasteiger partial charge is 0.298 e. The van der Waals surface area contributed by atoms with E-state index in [1.54, 1.807) is 24.3 Å². The summed E-state index contributed by atoms with van der Waals surface area (Å²) < 4.78 is 13.8. The number of nitrogens with zero attached hydrogens (tertiary/aromatic N) is 1. The average molecular weight is 333 g/mol. The summed E-state index contributed by atoms with van der Waals surface area (Å²) in [5.41, 5.74) is 1.52. The van der Waals surface area contributed by atoms with Crippen LogP contribution in [0.5, 0.6) is 0 Å². The van der Waals surface area contributed by atoms with E-state index in [1.807, 2.05) is 12.1 Å². The molecule has 1 N–H and O–H groups in total. The van der Waals surface area contributed by atoms with Gasteiger partial charge in [-0.1, -0.05) is 35.1 Å². The molecule has 0 bridgehead atoms. The second kappa shape index (κ2) is 6.25. The lowest BCUT2D eigenvalue weighted by molar-refractivity contribution is -0.111. The lowest BCUT2D eigenvalue weighted by atomic mass is 10.2. The van der Waals surface area contributed by atoms with Gasteiger partial charge in [0.2, 0.25) is 5.91 Å². The molecule has 0 atom stereocenters. The molecule has 22 heavy (non-hydrogen) atoms. The van der Waals surface area contributed by atoms with Crippen LogP contribution in [0, 0.1) is 5.82 Å². The Labute approximate surface area is 135 Å². The van der Waals surface area contributed by atoms with Gasteiger partial charge in [-0.3, -0.25) is 10.1 Å². The third kappa shape index (κ3) is 3.50. The van der Waals surface area contributed by atoms with E-state index < -0.39 is 0 Å². The molecule has 3 nitrogen and oxygen atoms in total. The van der Waals surface area contributed by atoms with Gasteiger partial charge in [-0.15, -0.1) is 0 Å². The van der Waals surface area contributed by atoms with Gasteiger partial charge >= 0.3 is 0 Å². The topological polar surface area (TPSA) is 42.0 Å². The Bertz CT molecular complexity index is 858. The van der Waals surface area contributed by atoms with Crippen molar-refractivity contribution >= 4 is 50.3 Å². The van der Waals surface area contributed by atoms with Gasteiger partial charge in [0.1, 0.15) is 5.82 Å². The van der Waals surface area contributed by atoms with E-state index in [0.717, 1.165) is 5.56 Å². The number of anilines is 1. The van der Waals surface area contributed by atoms with Crippen LogP contribution in [0.3, 0.4) is 0 Å². The maximum absolute atomic E-state index is 13.1. The number of hydrogen-bond acceptors (Lipinski definition) is 3. The molecule has 0 aliphatic carbocycles. The first-order chi connectivity index (χ1) is 10.6. The van der Waals surface area contributed by atoms with Crippen molar-refractivity contribution in [2.24, 2.45) is 0 Å².